The zero-order chi connectivity index (χ0) is 19.1. The first-order valence-electron chi connectivity index (χ1n) is 8.63. The van der Waals surface area contributed by atoms with Crippen molar-refractivity contribution in [2.24, 2.45) is 0 Å². The molecule has 1 aliphatic carbocycles. The minimum atomic E-state index is -3.69. The predicted octanol–water partition coefficient (Wildman–Crippen LogP) is 4.47. The predicted molar refractivity (Wildman–Crippen MR) is 107 cm³/mol. The number of ether oxygens (including phenoxy) is 1. The Morgan fingerprint density at radius 3 is 2.23 bits per heavy atom. The molecule has 0 bridgehead atoms. The number of halogens is 1. The van der Waals surface area contributed by atoms with Crippen LogP contribution in [0.15, 0.2) is 45.8 Å². The SMILES string of the molecule is COc1cc(C)c(C)cc1S(=O)(=O)NC(C)C1(c2ccc(Br)cc2)CC1. The van der Waals surface area contributed by atoms with Gasteiger partial charge in [0, 0.05) is 15.9 Å². The molecule has 1 N–H and O–H groups in total. The molecular formula is C20H24BrNO3S. The lowest BCUT2D eigenvalue weighted by Crippen LogP contribution is -2.41. The van der Waals surface area contributed by atoms with Gasteiger partial charge < -0.3 is 4.74 Å². The summed E-state index contributed by atoms with van der Waals surface area (Å²) in [4.78, 5) is 0.196. The smallest absolute Gasteiger partial charge is 0.244 e. The first-order chi connectivity index (χ1) is 12.2. The third-order valence-electron chi connectivity index (χ3n) is 5.44. The quantitative estimate of drug-likeness (QED) is 0.724. The van der Waals surface area contributed by atoms with E-state index in [0.717, 1.165) is 28.4 Å². The van der Waals surface area contributed by atoms with Crippen LogP contribution in [-0.4, -0.2) is 21.6 Å². The summed E-state index contributed by atoms with van der Waals surface area (Å²) < 4.78 is 35.3. The highest BCUT2D eigenvalue weighted by atomic mass is 79.9. The Kier molecular flexibility index (Phi) is 5.21. The Morgan fingerprint density at radius 1 is 1.12 bits per heavy atom. The van der Waals surface area contributed by atoms with E-state index in [4.69, 9.17) is 4.74 Å². The molecule has 0 aromatic heterocycles. The fourth-order valence-corrected chi connectivity index (χ4v) is 5.25. The molecule has 0 amide bonds. The van der Waals surface area contributed by atoms with Crippen molar-refractivity contribution in [3.8, 4) is 5.75 Å². The van der Waals surface area contributed by atoms with E-state index in [9.17, 15) is 8.42 Å². The van der Waals surface area contributed by atoms with Crippen LogP contribution in [0, 0.1) is 13.8 Å². The molecule has 26 heavy (non-hydrogen) atoms. The standard InChI is InChI=1S/C20H24BrNO3S/c1-13-11-18(25-4)19(12-14(13)2)26(23,24)22-15(3)20(9-10-20)16-5-7-17(21)8-6-16/h5-8,11-12,15,22H,9-10H2,1-4H3. The maximum Gasteiger partial charge on any atom is 0.244 e. The van der Waals surface area contributed by atoms with Crippen LogP contribution in [0.25, 0.3) is 0 Å². The van der Waals surface area contributed by atoms with E-state index in [1.807, 2.05) is 32.9 Å². The van der Waals surface area contributed by atoms with Crippen molar-refractivity contribution >= 4 is 26.0 Å². The highest BCUT2D eigenvalue weighted by molar-refractivity contribution is 9.10. The zero-order valence-corrected chi connectivity index (χ0v) is 17.9. The van der Waals surface area contributed by atoms with Gasteiger partial charge in [-0.2, -0.15) is 0 Å². The lowest BCUT2D eigenvalue weighted by atomic mass is 9.90. The topological polar surface area (TPSA) is 55.4 Å². The van der Waals surface area contributed by atoms with Gasteiger partial charge in [-0.05, 0) is 74.6 Å². The summed E-state index contributed by atoms with van der Waals surface area (Å²) in [7, 11) is -2.19. The van der Waals surface area contributed by atoms with Gasteiger partial charge in [0.1, 0.15) is 10.6 Å². The van der Waals surface area contributed by atoms with Crippen LogP contribution in [0.2, 0.25) is 0 Å². The number of rotatable bonds is 6. The summed E-state index contributed by atoms with van der Waals surface area (Å²) in [6.07, 6.45) is 1.95. The Labute approximate surface area is 164 Å². The van der Waals surface area contributed by atoms with Crippen LogP contribution in [0.5, 0.6) is 5.75 Å². The van der Waals surface area contributed by atoms with Crippen LogP contribution in [-0.2, 0) is 15.4 Å². The fraction of sp³-hybridized carbons (Fsp3) is 0.400. The number of hydrogen-bond acceptors (Lipinski definition) is 3. The van der Waals surface area contributed by atoms with E-state index >= 15 is 0 Å². The number of sulfonamides is 1. The van der Waals surface area contributed by atoms with E-state index in [1.165, 1.54) is 12.7 Å². The average molecular weight is 438 g/mol. The van der Waals surface area contributed by atoms with E-state index < -0.39 is 10.0 Å². The van der Waals surface area contributed by atoms with Gasteiger partial charge in [0.25, 0.3) is 0 Å². The van der Waals surface area contributed by atoms with Crippen molar-refractivity contribution in [1.29, 1.82) is 0 Å². The molecule has 1 saturated carbocycles. The van der Waals surface area contributed by atoms with Crippen LogP contribution < -0.4 is 9.46 Å². The molecule has 1 aliphatic rings. The molecule has 3 rings (SSSR count). The second kappa shape index (κ2) is 6.98. The van der Waals surface area contributed by atoms with Gasteiger partial charge in [-0.15, -0.1) is 0 Å². The number of aryl methyl sites for hydroxylation is 2. The highest BCUT2D eigenvalue weighted by Gasteiger charge is 2.50. The van der Waals surface area contributed by atoms with Gasteiger partial charge >= 0.3 is 0 Å². The summed E-state index contributed by atoms with van der Waals surface area (Å²) in [6, 6.07) is 11.4. The van der Waals surface area contributed by atoms with Gasteiger partial charge in [0.15, 0.2) is 0 Å². The lowest BCUT2D eigenvalue weighted by molar-refractivity contribution is 0.401. The van der Waals surface area contributed by atoms with Crippen LogP contribution in [0.4, 0.5) is 0 Å². The molecule has 1 atom stereocenters. The minimum Gasteiger partial charge on any atom is -0.495 e. The Bertz CT molecular complexity index is 919. The molecule has 0 aliphatic heterocycles. The van der Waals surface area contributed by atoms with Crippen molar-refractivity contribution in [2.45, 2.75) is 50.0 Å². The van der Waals surface area contributed by atoms with Crippen LogP contribution in [0.3, 0.4) is 0 Å². The Morgan fingerprint density at radius 2 is 1.69 bits per heavy atom. The van der Waals surface area contributed by atoms with Crippen molar-refractivity contribution in [2.75, 3.05) is 7.11 Å². The molecular weight excluding hydrogens is 414 g/mol. The molecule has 4 nitrogen and oxygen atoms in total. The maximum absolute atomic E-state index is 13.0. The molecule has 2 aromatic rings. The molecule has 0 heterocycles. The normalized spacial score (nSPS) is 17.0. The largest absolute Gasteiger partial charge is 0.495 e. The van der Waals surface area contributed by atoms with E-state index in [-0.39, 0.29) is 16.4 Å². The fourth-order valence-electron chi connectivity index (χ4n) is 3.43. The van der Waals surface area contributed by atoms with Crippen molar-refractivity contribution in [3.05, 3.63) is 57.6 Å². The molecule has 0 saturated heterocycles. The van der Waals surface area contributed by atoms with E-state index in [1.54, 1.807) is 12.1 Å². The zero-order valence-electron chi connectivity index (χ0n) is 15.5. The first kappa shape index (κ1) is 19.4. The van der Waals surface area contributed by atoms with Crippen LogP contribution >= 0.6 is 15.9 Å². The van der Waals surface area contributed by atoms with Crippen molar-refractivity contribution in [1.82, 2.24) is 4.72 Å². The average Bonchev–Trinajstić information content (AvgIpc) is 3.39. The summed E-state index contributed by atoms with van der Waals surface area (Å²) in [5, 5.41) is 0. The minimum absolute atomic E-state index is 0.138. The van der Waals surface area contributed by atoms with Gasteiger partial charge in [0.2, 0.25) is 10.0 Å². The van der Waals surface area contributed by atoms with E-state index in [2.05, 4.69) is 32.8 Å². The number of nitrogens with one attached hydrogen (secondary N) is 1. The molecule has 1 unspecified atom stereocenters. The molecule has 140 valence electrons. The van der Waals surface area contributed by atoms with E-state index in [0.29, 0.717) is 5.75 Å². The first-order valence-corrected chi connectivity index (χ1v) is 10.9. The summed E-state index contributed by atoms with van der Waals surface area (Å²) in [5.41, 5.74) is 2.96. The summed E-state index contributed by atoms with van der Waals surface area (Å²) in [6.45, 7) is 5.79. The second-order valence-corrected chi connectivity index (χ2v) is 9.69. The summed E-state index contributed by atoms with van der Waals surface area (Å²) >= 11 is 3.45. The van der Waals surface area contributed by atoms with Crippen molar-refractivity contribution < 1.29 is 13.2 Å². The van der Waals surface area contributed by atoms with Gasteiger partial charge in [-0.3, -0.25) is 0 Å². The molecule has 0 radical (unpaired) electrons. The van der Waals surface area contributed by atoms with Gasteiger partial charge in [-0.25, -0.2) is 13.1 Å². The monoisotopic (exact) mass is 437 g/mol. The van der Waals surface area contributed by atoms with Crippen molar-refractivity contribution in [3.63, 3.8) is 0 Å². The summed E-state index contributed by atoms with van der Waals surface area (Å²) in [5.74, 6) is 0.376. The Balaban J connectivity index is 1.90. The second-order valence-electron chi connectivity index (χ2n) is 7.09. The number of benzene rings is 2. The highest BCUT2D eigenvalue weighted by Crippen LogP contribution is 2.51. The molecule has 1 fully saturated rings. The lowest BCUT2D eigenvalue weighted by Gasteiger charge is -2.25. The van der Waals surface area contributed by atoms with Gasteiger partial charge in [-0.1, -0.05) is 28.1 Å². The third-order valence-corrected chi connectivity index (χ3v) is 7.53. The van der Waals surface area contributed by atoms with Crippen LogP contribution in [0.1, 0.15) is 36.5 Å². The molecule has 6 heteroatoms. The third kappa shape index (κ3) is 3.55. The number of hydrogen-bond donors (Lipinski definition) is 1. The molecule has 0 spiro atoms. The van der Waals surface area contributed by atoms with Gasteiger partial charge in [0.05, 0.1) is 7.11 Å². The molecule has 2 aromatic carbocycles. The Hall–Kier alpha value is -1.37. The number of methoxy groups -OCH3 is 1. The maximum atomic E-state index is 13.0.